The number of halogens is 3. The van der Waals surface area contributed by atoms with Crippen molar-refractivity contribution in [1.29, 1.82) is 0 Å². The lowest BCUT2D eigenvalue weighted by molar-refractivity contribution is -0.122. The van der Waals surface area contributed by atoms with E-state index in [-0.39, 0.29) is 17.9 Å². The number of Topliss-reactive ketones (excluding diaryl/α,β-unsaturated/α-hetero) is 1. The van der Waals surface area contributed by atoms with Crippen LogP contribution in [0.3, 0.4) is 0 Å². The van der Waals surface area contributed by atoms with Crippen molar-refractivity contribution in [2.45, 2.75) is 25.3 Å². The van der Waals surface area contributed by atoms with Crippen LogP contribution in [-0.2, 0) is 11.3 Å². The number of carbonyl (C=O) groups is 2. The van der Waals surface area contributed by atoms with Crippen LogP contribution < -0.4 is 5.32 Å². The molecule has 0 unspecified atom stereocenters. The number of rotatable bonds is 3. The van der Waals surface area contributed by atoms with Gasteiger partial charge in [-0.15, -0.1) is 0 Å². The Hall–Kier alpha value is -2.70. The normalized spacial score (nSPS) is 16.6. The number of nitrogens with one attached hydrogen (secondary N) is 1. The lowest BCUT2D eigenvalue weighted by Gasteiger charge is -2.23. The quantitative estimate of drug-likeness (QED) is 0.939. The highest BCUT2D eigenvalue weighted by molar-refractivity contribution is 6.00. The van der Waals surface area contributed by atoms with Crippen LogP contribution in [-0.4, -0.2) is 16.7 Å². The maximum atomic E-state index is 13.6. The zero-order chi connectivity index (χ0) is 17.3. The maximum Gasteiger partial charge on any atom is 0.227 e. The summed E-state index contributed by atoms with van der Waals surface area (Å²) in [7, 11) is 0. The van der Waals surface area contributed by atoms with Gasteiger partial charge in [0.2, 0.25) is 5.91 Å². The van der Waals surface area contributed by atoms with Crippen LogP contribution in [0, 0.1) is 17.5 Å². The van der Waals surface area contributed by atoms with Gasteiger partial charge in [-0.05, 0) is 18.1 Å². The third-order valence-electron chi connectivity index (χ3n) is 4.00. The van der Waals surface area contributed by atoms with Gasteiger partial charge in [-0.25, -0.2) is 13.2 Å². The number of amides is 1. The molecule has 124 valence electrons. The van der Waals surface area contributed by atoms with E-state index >= 15 is 0 Å². The number of fused-ring (bicyclic) bond motifs is 1. The minimum atomic E-state index is -1.06. The van der Waals surface area contributed by atoms with Gasteiger partial charge in [0.1, 0.15) is 23.1 Å². The van der Waals surface area contributed by atoms with Crippen LogP contribution in [0.4, 0.5) is 13.2 Å². The molecular formula is C17H13F3N2O2. The van der Waals surface area contributed by atoms with E-state index in [1.165, 1.54) is 6.20 Å². The summed E-state index contributed by atoms with van der Waals surface area (Å²) in [4.78, 5) is 28.2. The molecule has 2 aromatic rings. The van der Waals surface area contributed by atoms with E-state index in [2.05, 4.69) is 10.3 Å². The summed E-state index contributed by atoms with van der Waals surface area (Å²) in [5.74, 6) is -4.35. The fraction of sp³-hybridized carbons (Fsp3) is 0.235. The van der Waals surface area contributed by atoms with Gasteiger partial charge >= 0.3 is 0 Å². The summed E-state index contributed by atoms with van der Waals surface area (Å²) in [5.41, 5.74) is 0.345. The Balaban J connectivity index is 1.77. The molecule has 0 spiro atoms. The fourth-order valence-corrected chi connectivity index (χ4v) is 2.79. The van der Waals surface area contributed by atoms with E-state index in [4.69, 9.17) is 0 Å². The van der Waals surface area contributed by atoms with Gasteiger partial charge in [-0.3, -0.25) is 14.6 Å². The number of hydrogen-bond donors (Lipinski definition) is 1. The minimum absolute atomic E-state index is 0.134. The second-order valence-corrected chi connectivity index (χ2v) is 5.52. The van der Waals surface area contributed by atoms with Crippen LogP contribution in [0.5, 0.6) is 0 Å². The first-order valence-corrected chi connectivity index (χ1v) is 7.36. The van der Waals surface area contributed by atoms with Gasteiger partial charge < -0.3 is 5.32 Å². The summed E-state index contributed by atoms with van der Waals surface area (Å²) in [6.45, 7) is -0.406. The average molecular weight is 334 g/mol. The Bertz CT molecular complexity index is 800. The number of nitrogens with zero attached hydrogens (tertiary/aromatic N) is 1. The molecule has 4 nitrogen and oxygen atoms in total. The zero-order valence-electron chi connectivity index (χ0n) is 12.5. The Kier molecular flexibility index (Phi) is 4.33. The molecule has 1 aliphatic rings. The van der Waals surface area contributed by atoms with Gasteiger partial charge in [0, 0.05) is 36.9 Å². The van der Waals surface area contributed by atoms with Gasteiger partial charge in [0.05, 0.1) is 5.92 Å². The molecule has 1 amide bonds. The molecule has 1 aromatic carbocycles. The van der Waals surface area contributed by atoms with E-state index in [0.29, 0.717) is 24.1 Å². The Morgan fingerprint density at radius 1 is 1.25 bits per heavy atom. The topological polar surface area (TPSA) is 59.1 Å². The third kappa shape index (κ3) is 3.02. The molecule has 1 N–H and O–H groups in total. The second-order valence-electron chi connectivity index (χ2n) is 5.52. The highest BCUT2D eigenvalue weighted by Crippen LogP contribution is 2.30. The monoisotopic (exact) mass is 334 g/mol. The van der Waals surface area contributed by atoms with Gasteiger partial charge in [0.15, 0.2) is 5.78 Å². The van der Waals surface area contributed by atoms with Crippen LogP contribution >= 0.6 is 0 Å². The van der Waals surface area contributed by atoms with Gasteiger partial charge in [-0.2, -0.15) is 0 Å². The summed E-state index contributed by atoms with van der Waals surface area (Å²) < 4.78 is 40.1. The van der Waals surface area contributed by atoms with Crippen molar-refractivity contribution in [2.75, 3.05) is 0 Å². The zero-order valence-corrected chi connectivity index (χ0v) is 12.5. The van der Waals surface area contributed by atoms with Crippen molar-refractivity contribution < 1.29 is 22.8 Å². The summed E-state index contributed by atoms with van der Waals surface area (Å²) in [5, 5.41) is 2.45. The predicted molar refractivity (Wildman–Crippen MR) is 78.7 cm³/mol. The highest BCUT2D eigenvalue weighted by Gasteiger charge is 2.31. The Labute approximate surface area is 135 Å². The van der Waals surface area contributed by atoms with Crippen molar-refractivity contribution in [3.63, 3.8) is 0 Å². The smallest absolute Gasteiger partial charge is 0.227 e. The van der Waals surface area contributed by atoms with Crippen LogP contribution in [0.1, 0.15) is 40.4 Å². The molecule has 1 heterocycles. The first kappa shape index (κ1) is 16.2. The minimum Gasteiger partial charge on any atom is -0.351 e. The average Bonchev–Trinajstić information content (AvgIpc) is 2.54. The van der Waals surface area contributed by atoms with Gasteiger partial charge in [-0.1, -0.05) is 6.07 Å². The van der Waals surface area contributed by atoms with Crippen molar-refractivity contribution >= 4 is 11.7 Å². The Morgan fingerprint density at radius 3 is 2.67 bits per heavy atom. The number of ketones is 1. The van der Waals surface area contributed by atoms with E-state index in [0.717, 1.165) is 0 Å². The Morgan fingerprint density at radius 2 is 1.96 bits per heavy atom. The maximum absolute atomic E-state index is 13.6. The molecule has 0 aliphatic heterocycles. The van der Waals surface area contributed by atoms with Crippen LogP contribution in [0.25, 0.3) is 0 Å². The predicted octanol–water partition coefficient (Wildman–Crippen LogP) is 2.88. The molecular weight excluding hydrogens is 321 g/mol. The first-order valence-electron chi connectivity index (χ1n) is 7.36. The van der Waals surface area contributed by atoms with Crippen molar-refractivity contribution in [1.82, 2.24) is 10.3 Å². The molecule has 3 rings (SSSR count). The molecule has 0 saturated heterocycles. The lowest BCUT2D eigenvalue weighted by atomic mass is 9.84. The number of carbonyl (C=O) groups excluding carboxylic acids is 2. The molecule has 7 heteroatoms. The van der Waals surface area contributed by atoms with Gasteiger partial charge in [0.25, 0.3) is 0 Å². The second kappa shape index (κ2) is 6.43. The standard InChI is InChI=1S/C17H13F3N2O2/c18-9-6-13(19)12(14(20)7-9)8-22-17(24)11-3-4-15(23)16-10(11)2-1-5-21-16/h1-2,5-7,11H,3-4,8H2,(H,22,24)/t11-/m1/s1. The molecule has 1 atom stereocenters. The van der Waals surface area contributed by atoms with Crippen LogP contribution in [0.15, 0.2) is 30.5 Å². The summed E-state index contributed by atoms with van der Waals surface area (Å²) >= 11 is 0. The number of pyridine rings is 1. The van der Waals surface area contributed by atoms with E-state index in [1.807, 2.05) is 0 Å². The number of aromatic nitrogens is 1. The van der Waals surface area contributed by atoms with E-state index in [9.17, 15) is 22.8 Å². The van der Waals surface area contributed by atoms with E-state index < -0.39 is 41.4 Å². The fourth-order valence-electron chi connectivity index (χ4n) is 2.79. The molecule has 24 heavy (non-hydrogen) atoms. The molecule has 0 saturated carbocycles. The molecule has 0 bridgehead atoms. The highest BCUT2D eigenvalue weighted by atomic mass is 19.1. The molecule has 0 fully saturated rings. The molecule has 1 aromatic heterocycles. The SMILES string of the molecule is O=C1CC[C@@H](C(=O)NCc2c(F)cc(F)cc2F)c2cccnc21. The summed E-state index contributed by atoms with van der Waals surface area (Å²) in [6, 6.07) is 4.38. The largest absolute Gasteiger partial charge is 0.351 e. The third-order valence-corrected chi connectivity index (χ3v) is 4.00. The first-order chi connectivity index (χ1) is 11.5. The number of benzene rings is 1. The summed E-state index contributed by atoms with van der Waals surface area (Å²) in [6.07, 6.45) is 1.96. The molecule has 0 radical (unpaired) electrons. The van der Waals surface area contributed by atoms with Crippen LogP contribution in [0.2, 0.25) is 0 Å². The van der Waals surface area contributed by atoms with Crippen molar-refractivity contribution in [3.05, 3.63) is 64.7 Å². The lowest BCUT2D eigenvalue weighted by Crippen LogP contribution is -2.33. The van der Waals surface area contributed by atoms with Crippen molar-refractivity contribution in [2.24, 2.45) is 0 Å². The number of hydrogen-bond acceptors (Lipinski definition) is 3. The van der Waals surface area contributed by atoms with Crippen molar-refractivity contribution in [3.8, 4) is 0 Å². The van der Waals surface area contributed by atoms with E-state index in [1.54, 1.807) is 12.1 Å². The molecule has 1 aliphatic carbocycles.